The van der Waals surface area contributed by atoms with Crippen molar-refractivity contribution in [2.75, 3.05) is 33.9 Å². The Morgan fingerprint density at radius 2 is 1.90 bits per heavy atom. The maximum absolute atomic E-state index is 12.6. The molecule has 0 N–H and O–H groups in total. The quantitative estimate of drug-likeness (QED) is 0.257. The van der Waals surface area contributed by atoms with E-state index in [2.05, 4.69) is 0 Å². The van der Waals surface area contributed by atoms with Crippen molar-refractivity contribution in [3.63, 3.8) is 0 Å². The van der Waals surface area contributed by atoms with Crippen LogP contribution in [0.2, 0.25) is 0 Å². The summed E-state index contributed by atoms with van der Waals surface area (Å²) in [5, 5.41) is 13.3. The van der Waals surface area contributed by atoms with Crippen LogP contribution in [0.15, 0.2) is 24.3 Å². The number of unbranched alkanes of at least 4 members (excludes halogenated alkanes) is 2. The first kappa shape index (κ1) is 22.2. The van der Waals surface area contributed by atoms with Crippen molar-refractivity contribution in [2.24, 2.45) is 0 Å². The number of carbonyl (C=O) groups excluding carboxylic acids is 2. The van der Waals surface area contributed by atoms with Crippen LogP contribution in [-0.4, -0.2) is 60.6 Å². The van der Waals surface area contributed by atoms with Crippen LogP contribution in [0, 0.1) is 10.1 Å². The number of hydrogen-bond acceptors (Lipinski definition) is 6. The lowest BCUT2D eigenvalue weighted by Crippen LogP contribution is -2.44. The van der Waals surface area contributed by atoms with Gasteiger partial charge in [-0.25, -0.2) is 5.01 Å². The van der Waals surface area contributed by atoms with E-state index in [1.165, 1.54) is 16.1 Å². The molecule has 2 rings (SSSR count). The summed E-state index contributed by atoms with van der Waals surface area (Å²) < 4.78 is 10.5. The predicted octanol–water partition coefficient (Wildman–Crippen LogP) is 2.53. The molecule has 1 heterocycles. The fraction of sp³-hybridized carbons (Fsp3) is 0.500. The first-order chi connectivity index (χ1) is 14.0. The second kappa shape index (κ2) is 11.0. The topological polar surface area (TPSA) is 102 Å². The zero-order chi connectivity index (χ0) is 21.2. The van der Waals surface area contributed by atoms with Gasteiger partial charge in [0.2, 0.25) is 12.5 Å². The fourth-order valence-electron chi connectivity index (χ4n) is 3.14. The number of carbonyl (C=O) groups is 2. The van der Waals surface area contributed by atoms with Gasteiger partial charge in [-0.15, -0.1) is 0 Å². The first-order valence-electron chi connectivity index (χ1n) is 9.60. The Bertz CT molecular complexity index is 765. The molecule has 0 saturated carbocycles. The largest absolute Gasteiger partial charge is 0.497 e. The number of hydrogen-bond donors (Lipinski definition) is 0. The summed E-state index contributed by atoms with van der Waals surface area (Å²) in [6, 6.07) is 5.29. The van der Waals surface area contributed by atoms with E-state index < -0.39 is 0 Å². The summed E-state index contributed by atoms with van der Waals surface area (Å²) in [5.41, 5.74) is 0.697. The molecule has 1 fully saturated rings. The number of hydrazine groups is 1. The molecule has 0 bridgehead atoms. The molecule has 9 heteroatoms. The van der Waals surface area contributed by atoms with Gasteiger partial charge in [0.1, 0.15) is 11.5 Å². The van der Waals surface area contributed by atoms with Crippen LogP contribution < -0.4 is 9.47 Å². The van der Waals surface area contributed by atoms with Gasteiger partial charge >= 0.3 is 0 Å². The zero-order valence-electron chi connectivity index (χ0n) is 16.8. The van der Waals surface area contributed by atoms with Gasteiger partial charge in [0.15, 0.2) is 0 Å². The molecule has 0 radical (unpaired) electrons. The van der Waals surface area contributed by atoms with E-state index in [-0.39, 0.29) is 29.7 Å². The summed E-state index contributed by atoms with van der Waals surface area (Å²) in [6.45, 7) is 0.891. The van der Waals surface area contributed by atoms with Crippen molar-refractivity contribution in [3.8, 4) is 11.5 Å². The van der Waals surface area contributed by atoms with Gasteiger partial charge in [-0.3, -0.25) is 24.7 Å². The monoisotopic (exact) mass is 405 g/mol. The van der Waals surface area contributed by atoms with Crippen LogP contribution >= 0.6 is 0 Å². The summed E-state index contributed by atoms with van der Waals surface area (Å²) in [6.07, 6.45) is 5.69. The molecule has 1 aromatic rings. The van der Waals surface area contributed by atoms with Crippen LogP contribution in [0.1, 0.15) is 37.7 Å². The van der Waals surface area contributed by atoms with Crippen molar-refractivity contribution < 1.29 is 24.0 Å². The third-order valence-electron chi connectivity index (χ3n) is 4.65. The second-order valence-corrected chi connectivity index (χ2v) is 6.64. The van der Waals surface area contributed by atoms with Crippen molar-refractivity contribution in [1.29, 1.82) is 0 Å². The van der Waals surface area contributed by atoms with Gasteiger partial charge in [0.25, 0.3) is 5.91 Å². The number of amides is 2. The Morgan fingerprint density at radius 3 is 2.59 bits per heavy atom. The van der Waals surface area contributed by atoms with Crippen molar-refractivity contribution in [2.45, 2.75) is 32.1 Å². The van der Waals surface area contributed by atoms with Crippen LogP contribution in [0.5, 0.6) is 11.5 Å². The van der Waals surface area contributed by atoms with Crippen LogP contribution in [0.4, 0.5) is 0 Å². The van der Waals surface area contributed by atoms with Crippen LogP contribution in [-0.2, 0) is 9.59 Å². The second-order valence-electron chi connectivity index (χ2n) is 6.64. The molecule has 0 spiro atoms. The molecule has 1 aliphatic rings. The average Bonchev–Trinajstić information content (AvgIpc) is 3.21. The van der Waals surface area contributed by atoms with Gasteiger partial charge in [-0.2, -0.15) is 0 Å². The van der Waals surface area contributed by atoms with E-state index in [1.54, 1.807) is 38.5 Å². The number of rotatable bonds is 10. The van der Waals surface area contributed by atoms with Gasteiger partial charge in [-0.05, 0) is 43.5 Å². The van der Waals surface area contributed by atoms with Crippen LogP contribution in [0.25, 0.3) is 6.08 Å². The highest BCUT2D eigenvalue weighted by Gasteiger charge is 2.29. The standard InChI is InChI=1S/C20H27N3O6/c1-28-17-9-10-18(29-2)16(15-17)8-11-20(25)22-13-6-12-21(22)19(24)7-4-3-5-14-23(26)27/h8-11,15H,3-7,12-14H2,1-2H3. The van der Waals surface area contributed by atoms with Gasteiger partial charge in [-0.1, -0.05) is 0 Å². The van der Waals surface area contributed by atoms with Gasteiger partial charge < -0.3 is 9.47 Å². The van der Waals surface area contributed by atoms with Crippen LogP contribution in [0.3, 0.4) is 0 Å². The van der Waals surface area contributed by atoms with E-state index >= 15 is 0 Å². The van der Waals surface area contributed by atoms with E-state index in [0.29, 0.717) is 49.4 Å². The zero-order valence-corrected chi connectivity index (χ0v) is 16.8. The summed E-state index contributed by atoms with van der Waals surface area (Å²) in [5.74, 6) is 0.838. The molecule has 2 amide bonds. The highest BCUT2D eigenvalue weighted by atomic mass is 16.6. The Labute approximate surface area is 170 Å². The maximum Gasteiger partial charge on any atom is 0.265 e. The molecule has 9 nitrogen and oxygen atoms in total. The first-order valence-corrected chi connectivity index (χ1v) is 9.60. The highest BCUT2D eigenvalue weighted by molar-refractivity contribution is 5.93. The molecule has 0 aromatic heterocycles. The van der Waals surface area contributed by atoms with E-state index in [0.717, 1.165) is 6.42 Å². The number of ether oxygens (including phenoxy) is 2. The molecule has 1 saturated heterocycles. The van der Waals surface area contributed by atoms with Gasteiger partial charge in [0.05, 0.1) is 14.2 Å². The predicted molar refractivity (Wildman–Crippen MR) is 107 cm³/mol. The molecule has 29 heavy (non-hydrogen) atoms. The van der Waals surface area contributed by atoms with Gasteiger partial charge in [0, 0.05) is 42.5 Å². The van der Waals surface area contributed by atoms with E-state index in [1.807, 2.05) is 0 Å². The summed E-state index contributed by atoms with van der Waals surface area (Å²) in [4.78, 5) is 35.1. The lowest BCUT2D eigenvalue weighted by molar-refractivity contribution is -0.480. The number of methoxy groups -OCH3 is 2. The minimum atomic E-state index is -0.355. The molecule has 1 aromatic carbocycles. The minimum Gasteiger partial charge on any atom is -0.497 e. The molecular formula is C20H27N3O6. The van der Waals surface area contributed by atoms with E-state index in [4.69, 9.17) is 9.47 Å². The normalized spacial score (nSPS) is 13.7. The maximum atomic E-state index is 12.6. The number of benzene rings is 1. The Kier molecular flexibility index (Phi) is 8.45. The fourth-order valence-corrected chi connectivity index (χ4v) is 3.14. The molecule has 158 valence electrons. The summed E-state index contributed by atoms with van der Waals surface area (Å²) in [7, 11) is 3.11. The molecule has 0 atom stereocenters. The smallest absolute Gasteiger partial charge is 0.265 e. The Hall–Kier alpha value is -3.10. The highest BCUT2D eigenvalue weighted by Crippen LogP contribution is 2.25. The Morgan fingerprint density at radius 1 is 1.14 bits per heavy atom. The summed E-state index contributed by atoms with van der Waals surface area (Å²) >= 11 is 0. The molecular weight excluding hydrogens is 378 g/mol. The van der Waals surface area contributed by atoms with E-state index in [9.17, 15) is 19.7 Å². The lowest BCUT2D eigenvalue weighted by atomic mass is 10.1. The number of nitrogens with zero attached hydrogens (tertiary/aromatic N) is 3. The van der Waals surface area contributed by atoms with Crippen molar-refractivity contribution in [1.82, 2.24) is 10.0 Å². The average molecular weight is 405 g/mol. The molecule has 0 unspecified atom stereocenters. The minimum absolute atomic E-state index is 0.0823. The SMILES string of the molecule is COc1ccc(OC)c(C=CC(=O)N2CCCN2C(=O)CCCCC[N+](=O)[O-])c1. The molecule has 1 aliphatic heterocycles. The lowest BCUT2D eigenvalue weighted by Gasteiger charge is -2.27. The number of nitro groups is 1. The Balaban J connectivity index is 1.95. The van der Waals surface area contributed by atoms with Crippen molar-refractivity contribution in [3.05, 3.63) is 40.0 Å². The molecule has 0 aliphatic carbocycles. The van der Waals surface area contributed by atoms with Crippen molar-refractivity contribution >= 4 is 17.9 Å². The third kappa shape index (κ3) is 6.48. The third-order valence-corrected chi connectivity index (χ3v) is 4.65.